The molecule has 2 aliphatic carbocycles. The third-order valence-electron chi connectivity index (χ3n) is 7.88. The van der Waals surface area contributed by atoms with E-state index in [0.717, 1.165) is 31.4 Å². The Hall–Kier alpha value is -4.23. The van der Waals surface area contributed by atoms with Crippen molar-refractivity contribution in [2.24, 2.45) is 0 Å². The van der Waals surface area contributed by atoms with Crippen molar-refractivity contribution in [3.8, 4) is 5.82 Å². The highest BCUT2D eigenvalue weighted by Crippen LogP contribution is 2.44. The van der Waals surface area contributed by atoms with Crippen LogP contribution in [0.15, 0.2) is 41.5 Å². The Morgan fingerprint density at radius 3 is 2.87 bits per heavy atom. The van der Waals surface area contributed by atoms with Gasteiger partial charge in [0, 0.05) is 32.5 Å². The lowest BCUT2D eigenvalue weighted by molar-refractivity contribution is -0.0198. The molecule has 0 bridgehead atoms. The summed E-state index contributed by atoms with van der Waals surface area (Å²) in [6.07, 6.45) is 7.06. The zero-order valence-electron chi connectivity index (χ0n) is 21.7. The molecular weight excluding hydrogens is 502 g/mol. The van der Waals surface area contributed by atoms with Gasteiger partial charge in [-0.25, -0.2) is 4.98 Å². The van der Waals surface area contributed by atoms with E-state index in [9.17, 15) is 9.59 Å². The van der Waals surface area contributed by atoms with Crippen molar-refractivity contribution in [2.75, 3.05) is 24.8 Å². The lowest BCUT2D eigenvalue weighted by atomic mass is 9.89. The molecule has 2 saturated carbocycles. The molecule has 202 valence electrons. The Morgan fingerprint density at radius 2 is 2.13 bits per heavy atom. The maximum absolute atomic E-state index is 13.5. The molecule has 0 radical (unpaired) electrons. The number of hydrogen-bond acceptors (Lipinski definition) is 9. The van der Waals surface area contributed by atoms with E-state index in [1.165, 1.54) is 10.8 Å². The second-order valence-corrected chi connectivity index (χ2v) is 10.3. The first-order chi connectivity index (χ1) is 19.0. The van der Waals surface area contributed by atoms with Crippen molar-refractivity contribution >= 4 is 28.9 Å². The van der Waals surface area contributed by atoms with Crippen LogP contribution in [0.2, 0.25) is 0 Å². The Morgan fingerprint density at radius 1 is 1.26 bits per heavy atom. The zero-order chi connectivity index (χ0) is 26.7. The van der Waals surface area contributed by atoms with Gasteiger partial charge in [-0.3, -0.25) is 18.8 Å². The van der Waals surface area contributed by atoms with Gasteiger partial charge in [-0.05, 0) is 37.8 Å². The minimum Gasteiger partial charge on any atom is -0.379 e. The molecule has 1 aliphatic heterocycles. The summed E-state index contributed by atoms with van der Waals surface area (Å²) >= 11 is 0. The number of anilines is 3. The minimum absolute atomic E-state index is 0.0114. The maximum atomic E-state index is 13.5. The van der Waals surface area contributed by atoms with Crippen LogP contribution in [-0.4, -0.2) is 66.8 Å². The second-order valence-electron chi connectivity index (χ2n) is 10.3. The normalized spacial score (nSPS) is 20.9. The number of ether oxygens (including phenoxy) is 2. The number of fused-ring (bicyclic) bond motifs is 2. The number of methoxy groups -OCH3 is 1. The van der Waals surface area contributed by atoms with Gasteiger partial charge in [0.25, 0.3) is 11.5 Å². The van der Waals surface area contributed by atoms with Crippen molar-refractivity contribution in [1.29, 1.82) is 0 Å². The fourth-order valence-electron chi connectivity index (χ4n) is 5.23. The van der Waals surface area contributed by atoms with Gasteiger partial charge in [0.15, 0.2) is 11.5 Å². The highest BCUT2D eigenvalue weighted by Gasteiger charge is 2.47. The van der Waals surface area contributed by atoms with Crippen LogP contribution in [-0.2, 0) is 22.6 Å². The quantitative estimate of drug-likeness (QED) is 0.326. The molecule has 39 heavy (non-hydrogen) atoms. The lowest BCUT2D eigenvalue weighted by Gasteiger charge is -2.35. The molecule has 2 atom stereocenters. The molecule has 0 saturated heterocycles. The summed E-state index contributed by atoms with van der Waals surface area (Å²) in [5.41, 5.74) is 1.62. The molecule has 2 fully saturated rings. The van der Waals surface area contributed by atoms with Crippen LogP contribution in [0.5, 0.6) is 0 Å². The second kappa shape index (κ2) is 8.92. The fraction of sp³-hybridized carbons (Fsp3) is 0.423. The van der Waals surface area contributed by atoms with Gasteiger partial charge in [0.05, 0.1) is 42.8 Å². The van der Waals surface area contributed by atoms with Gasteiger partial charge in [0.2, 0.25) is 0 Å². The number of aromatic nitrogens is 6. The molecule has 13 heteroatoms. The Balaban J connectivity index is 1.19. The highest BCUT2D eigenvalue weighted by atomic mass is 16.5. The number of carbonyl (C=O) groups is 1. The molecule has 4 aromatic heterocycles. The number of nitrogens with zero attached hydrogens (tertiary/aromatic N) is 6. The van der Waals surface area contributed by atoms with Gasteiger partial charge in [-0.15, -0.1) is 0 Å². The van der Waals surface area contributed by atoms with Crippen molar-refractivity contribution in [3.63, 3.8) is 0 Å². The lowest BCUT2D eigenvalue weighted by Crippen LogP contribution is -2.51. The number of hydrogen-bond donors (Lipinski definition) is 3. The molecule has 4 aromatic rings. The van der Waals surface area contributed by atoms with Crippen molar-refractivity contribution in [2.45, 2.75) is 56.6 Å². The predicted molar refractivity (Wildman–Crippen MR) is 142 cm³/mol. The summed E-state index contributed by atoms with van der Waals surface area (Å²) < 4.78 is 16.4. The average Bonchev–Trinajstić information content (AvgIpc) is 3.32. The SMILES string of the molecule is CNc1cc(Nc2cccn(-c3cc4n(n3)CC3(CC3)OC4)c2=O)nc2c(C(=O)N[C@@H]3CC[C@H]3OC)cnn12. The zero-order valence-corrected chi connectivity index (χ0v) is 21.7. The first kappa shape index (κ1) is 23.9. The molecule has 5 heterocycles. The van der Waals surface area contributed by atoms with Gasteiger partial charge < -0.3 is 25.4 Å². The van der Waals surface area contributed by atoms with E-state index in [4.69, 9.17) is 9.47 Å². The molecule has 3 aliphatic rings. The van der Waals surface area contributed by atoms with Crippen LogP contribution >= 0.6 is 0 Å². The van der Waals surface area contributed by atoms with E-state index in [2.05, 4.69) is 31.1 Å². The first-order valence-corrected chi connectivity index (χ1v) is 13.1. The third kappa shape index (κ3) is 4.05. The molecule has 3 N–H and O–H groups in total. The Kier molecular flexibility index (Phi) is 5.45. The van der Waals surface area contributed by atoms with Crippen LogP contribution in [0.1, 0.15) is 41.7 Å². The standard InChI is InChI=1S/C26H29N9O4/c1-27-21-11-20(31-23-16(12-28-35(21)23)24(36)30-17-5-6-19(17)38-2)29-18-4-3-9-33(25(18)37)22-10-15-13-39-26(7-8-26)14-34(15)32-22/h3-4,9-12,17,19,27H,5-8,13-14H2,1-2H3,(H,29,31)(H,30,36)/t17-,19-/m1/s1. The van der Waals surface area contributed by atoms with Crippen LogP contribution in [0.3, 0.4) is 0 Å². The molecular formula is C26H29N9O4. The summed E-state index contributed by atoms with van der Waals surface area (Å²) in [4.78, 5) is 31.2. The monoisotopic (exact) mass is 531 g/mol. The average molecular weight is 532 g/mol. The van der Waals surface area contributed by atoms with Gasteiger partial charge in [0.1, 0.15) is 22.9 Å². The summed E-state index contributed by atoms with van der Waals surface area (Å²) in [5.74, 6) is 1.26. The number of amides is 1. The Bertz CT molecular complexity index is 1650. The number of carbonyl (C=O) groups excluding carboxylic acids is 1. The molecule has 0 unspecified atom stereocenters. The van der Waals surface area contributed by atoms with Crippen LogP contribution < -0.4 is 21.5 Å². The smallest absolute Gasteiger partial charge is 0.280 e. The van der Waals surface area contributed by atoms with E-state index < -0.39 is 0 Å². The summed E-state index contributed by atoms with van der Waals surface area (Å²) in [7, 11) is 3.40. The Labute approximate surface area is 223 Å². The van der Waals surface area contributed by atoms with Gasteiger partial charge in [-0.1, -0.05) is 0 Å². The van der Waals surface area contributed by atoms with E-state index >= 15 is 0 Å². The molecule has 13 nitrogen and oxygen atoms in total. The van der Waals surface area contributed by atoms with Gasteiger partial charge in [-0.2, -0.15) is 14.7 Å². The fourth-order valence-corrected chi connectivity index (χ4v) is 5.23. The van der Waals surface area contributed by atoms with Crippen molar-refractivity contribution in [3.05, 3.63) is 58.3 Å². The van der Waals surface area contributed by atoms with E-state index in [1.54, 1.807) is 43.1 Å². The minimum atomic E-state index is -0.273. The maximum Gasteiger partial charge on any atom is 0.280 e. The molecule has 1 amide bonds. The van der Waals surface area contributed by atoms with E-state index in [1.807, 2.05) is 10.7 Å². The molecule has 7 rings (SSSR count). The molecule has 0 aromatic carbocycles. The number of pyridine rings is 1. The first-order valence-electron chi connectivity index (χ1n) is 13.1. The number of rotatable bonds is 7. The number of nitrogens with one attached hydrogen (secondary N) is 3. The van der Waals surface area contributed by atoms with Crippen LogP contribution in [0.25, 0.3) is 11.5 Å². The highest BCUT2D eigenvalue weighted by molar-refractivity contribution is 6.00. The predicted octanol–water partition coefficient (Wildman–Crippen LogP) is 1.83. The van der Waals surface area contributed by atoms with Crippen molar-refractivity contribution in [1.82, 2.24) is 34.3 Å². The molecule has 1 spiro atoms. The largest absolute Gasteiger partial charge is 0.379 e. The van der Waals surface area contributed by atoms with E-state index in [-0.39, 0.29) is 29.2 Å². The van der Waals surface area contributed by atoms with Crippen molar-refractivity contribution < 1.29 is 14.3 Å². The van der Waals surface area contributed by atoms with Gasteiger partial charge >= 0.3 is 0 Å². The third-order valence-corrected chi connectivity index (χ3v) is 7.88. The van der Waals surface area contributed by atoms with Crippen LogP contribution in [0, 0.1) is 0 Å². The van der Waals surface area contributed by atoms with E-state index in [0.29, 0.717) is 47.5 Å². The summed E-state index contributed by atoms with van der Waals surface area (Å²) in [6.45, 7) is 1.20. The van der Waals surface area contributed by atoms with Crippen LogP contribution in [0.4, 0.5) is 17.3 Å². The topological polar surface area (TPSA) is 142 Å². The summed E-state index contributed by atoms with van der Waals surface area (Å²) in [5, 5.41) is 18.3. The summed E-state index contributed by atoms with van der Waals surface area (Å²) in [6, 6.07) is 7.04.